The average molecular weight is 232 g/mol. The lowest BCUT2D eigenvalue weighted by molar-refractivity contribution is 0.926. The van der Waals surface area contributed by atoms with Crippen molar-refractivity contribution >= 4 is 16.5 Å². The normalized spacial score (nSPS) is 10.4. The van der Waals surface area contributed by atoms with Crippen molar-refractivity contribution in [3.8, 4) is 0 Å². The molecule has 1 N–H and O–H groups in total. The van der Waals surface area contributed by atoms with Crippen molar-refractivity contribution in [2.24, 2.45) is 0 Å². The zero-order valence-corrected chi connectivity index (χ0v) is 10.5. The van der Waals surface area contributed by atoms with Crippen LogP contribution in [0.25, 0.3) is 0 Å². The molecular weight excluding hydrogens is 216 g/mol. The molecule has 0 aliphatic heterocycles. The van der Waals surface area contributed by atoms with Gasteiger partial charge in [0.1, 0.15) is 0 Å². The number of thiazole rings is 1. The standard InChI is InChI=1S/C13H16N2S/c1-10-3-5-11(6-4-10)7-8-12-9-16-13(14-2)15-12/h3-6,9H,7-8H2,1-2H3,(H,14,15). The first-order valence-electron chi connectivity index (χ1n) is 5.45. The van der Waals surface area contributed by atoms with Gasteiger partial charge in [0.25, 0.3) is 0 Å². The summed E-state index contributed by atoms with van der Waals surface area (Å²) in [5.74, 6) is 0. The lowest BCUT2D eigenvalue weighted by atomic mass is 10.1. The summed E-state index contributed by atoms with van der Waals surface area (Å²) >= 11 is 1.66. The van der Waals surface area contributed by atoms with Gasteiger partial charge in [-0.2, -0.15) is 0 Å². The predicted molar refractivity (Wildman–Crippen MR) is 70.2 cm³/mol. The van der Waals surface area contributed by atoms with E-state index >= 15 is 0 Å². The maximum Gasteiger partial charge on any atom is 0.182 e. The fourth-order valence-electron chi connectivity index (χ4n) is 1.56. The molecule has 2 nitrogen and oxygen atoms in total. The summed E-state index contributed by atoms with van der Waals surface area (Å²) in [4.78, 5) is 4.47. The van der Waals surface area contributed by atoms with Gasteiger partial charge in [0.15, 0.2) is 5.13 Å². The van der Waals surface area contributed by atoms with Crippen molar-refractivity contribution in [3.05, 3.63) is 46.5 Å². The van der Waals surface area contributed by atoms with E-state index in [1.54, 1.807) is 11.3 Å². The zero-order chi connectivity index (χ0) is 11.4. The Morgan fingerprint density at radius 2 is 1.94 bits per heavy atom. The molecule has 0 atom stereocenters. The van der Waals surface area contributed by atoms with Crippen LogP contribution >= 0.6 is 11.3 Å². The number of aromatic nitrogens is 1. The highest BCUT2D eigenvalue weighted by Crippen LogP contribution is 2.16. The molecule has 0 saturated heterocycles. The average Bonchev–Trinajstić information content (AvgIpc) is 2.76. The Morgan fingerprint density at radius 3 is 2.56 bits per heavy atom. The molecule has 0 aliphatic carbocycles. The lowest BCUT2D eigenvalue weighted by Gasteiger charge is -2.00. The highest BCUT2D eigenvalue weighted by Gasteiger charge is 2.00. The molecular formula is C13H16N2S. The van der Waals surface area contributed by atoms with Crippen molar-refractivity contribution in [2.45, 2.75) is 19.8 Å². The highest BCUT2D eigenvalue weighted by molar-refractivity contribution is 7.13. The van der Waals surface area contributed by atoms with Crippen LogP contribution in [0, 0.1) is 6.92 Å². The molecule has 0 radical (unpaired) electrons. The van der Waals surface area contributed by atoms with Crippen molar-refractivity contribution in [1.29, 1.82) is 0 Å². The van der Waals surface area contributed by atoms with Gasteiger partial charge in [0.05, 0.1) is 5.69 Å². The van der Waals surface area contributed by atoms with Crippen LogP contribution in [0.3, 0.4) is 0 Å². The lowest BCUT2D eigenvalue weighted by Crippen LogP contribution is -1.93. The van der Waals surface area contributed by atoms with Crippen LogP contribution < -0.4 is 5.32 Å². The first kappa shape index (κ1) is 11.1. The Morgan fingerprint density at radius 1 is 1.19 bits per heavy atom. The number of hydrogen-bond acceptors (Lipinski definition) is 3. The molecule has 0 aliphatic rings. The highest BCUT2D eigenvalue weighted by atomic mass is 32.1. The molecule has 0 unspecified atom stereocenters. The minimum Gasteiger partial charge on any atom is -0.365 e. The minimum atomic E-state index is 0.999. The Kier molecular flexibility index (Phi) is 3.57. The van der Waals surface area contributed by atoms with Gasteiger partial charge in [-0.05, 0) is 25.3 Å². The number of aryl methyl sites for hydroxylation is 3. The van der Waals surface area contributed by atoms with Gasteiger partial charge in [-0.25, -0.2) is 4.98 Å². The molecule has 0 amide bonds. The molecule has 1 heterocycles. The van der Waals surface area contributed by atoms with E-state index in [1.165, 1.54) is 16.8 Å². The number of rotatable bonds is 4. The topological polar surface area (TPSA) is 24.9 Å². The van der Waals surface area contributed by atoms with Crippen LogP contribution in [-0.2, 0) is 12.8 Å². The maximum atomic E-state index is 4.47. The quantitative estimate of drug-likeness (QED) is 0.875. The molecule has 1 aromatic heterocycles. The molecule has 0 fully saturated rings. The van der Waals surface area contributed by atoms with Crippen molar-refractivity contribution in [2.75, 3.05) is 12.4 Å². The van der Waals surface area contributed by atoms with Gasteiger partial charge in [-0.3, -0.25) is 0 Å². The minimum absolute atomic E-state index is 0.999. The fourth-order valence-corrected chi connectivity index (χ4v) is 2.27. The van der Waals surface area contributed by atoms with Crippen LogP contribution in [0.2, 0.25) is 0 Å². The van der Waals surface area contributed by atoms with E-state index in [4.69, 9.17) is 0 Å². The zero-order valence-electron chi connectivity index (χ0n) is 9.66. The summed E-state index contributed by atoms with van der Waals surface area (Å²) in [5.41, 5.74) is 3.87. The molecule has 84 valence electrons. The molecule has 2 aromatic rings. The molecule has 0 bridgehead atoms. The van der Waals surface area contributed by atoms with Crippen LogP contribution in [-0.4, -0.2) is 12.0 Å². The third-order valence-electron chi connectivity index (χ3n) is 2.56. The van der Waals surface area contributed by atoms with E-state index in [1.807, 2.05) is 7.05 Å². The van der Waals surface area contributed by atoms with E-state index in [0.717, 1.165) is 18.0 Å². The number of benzene rings is 1. The van der Waals surface area contributed by atoms with Gasteiger partial charge in [-0.15, -0.1) is 11.3 Å². The molecule has 0 saturated carbocycles. The number of nitrogens with one attached hydrogen (secondary N) is 1. The van der Waals surface area contributed by atoms with Crippen LogP contribution in [0.15, 0.2) is 29.6 Å². The summed E-state index contributed by atoms with van der Waals surface area (Å²) in [5, 5.41) is 6.18. The van der Waals surface area contributed by atoms with Crippen molar-refractivity contribution < 1.29 is 0 Å². The van der Waals surface area contributed by atoms with Crippen LogP contribution in [0.5, 0.6) is 0 Å². The Hall–Kier alpha value is -1.35. The number of nitrogens with zero attached hydrogens (tertiary/aromatic N) is 1. The summed E-state index contributed by atoms with van der Waals surface area (Å²) < 4.78 is 0. The van der Waals surface area contributed by atoms with Crippen LogP contribution in [0.1, 0.15) is 16.8 Å². The smallest absolute Gasteiger partial charge is 0.182 e. The third-order valence-corrected chi connectivity index (χ3v) is 3.46. The maximum absolute atomic E-state index is 4.47. The van der Waals surface area contributed by atoms with E-state index in [0.29, 0.717) is 0 Å². The van der Waals surface area contributed by atoms with Crippen LogP contribution in [0.4, 0.5) is 5.13 Å². The third kappa shape index (κ3) is 2.83. The van der Waals surface area contributed by atoms with Gasteiger partial charge < -0.3 is 5.32 Å². The fraction of sp³-hybridized carbons (Fsp3) is 0.308. The Bertz CT molecular complexity index is 445. The summed E-state index contributed by atoms with van der Waals surface area (Å²) in [6.45, 7) is 2.11. The largest absolute Gasteiger partial charge is 0.365 e. The molecule has 2 rings (SSSR count). The van der Waals surface area contributed by atoms with E-state index < -0.39 is 0 Å². The SMILES string of the molecule is CNc1nc(CCc2ccc(C)cc2)cs1. The van der Waals surface area contributed by atoms with E-state index in [2.05, 4.69) is 46.9 Å². The second-order valence-corrected chi connectivity index (χ2v) is 4.74. The molecule has 16 heavy (non-hydrogen) atoms. The first-order chi connectivity index (χ1) is 7.78. The van der Waals surface area contributed by atoms with Crippen molar-refractivity contribution in [3.63, 3.8) is 0 Å². The Balaban J connectivity index is 1.94. The van der Waals surface area contributed by atoms with E-state index in [9.17, 15) is 0 Å². The van der Waals surface area contributed by atoms with Gasteiger partial charge in [0.2, 0.25) is 0 Å². The monoisotopic (exact) mass is 232 g/mol. The van der Waals surface area contributed by atoms with Gasteiger partial charge >= 0.3 is 0 Å². The van der Waals surface area contributed by atoms with E-state index in [-0.39, 0.29) is 0 Å². The Labute approximate surface area is 100 Å². The summed E-state index contributed by atoms with van der Waals surface area (Å²) in [6.07, 6.45) is 2.08. The van der Waals surface area contributed by atoms with Gasteiger partial charge in [-0.1, -0.05) is 29.8 Å². The van der Waals surface area contributed by atoms with Crippen molar-refractivity contribution in [1.82, 2.24) is 4.98 Å². The van der Waals surface area contributed by atoms with Gasteiger partial charge in [0, 0.05) is 12.4 Å². The molecule has 0 spiro atoms. The second-order valence-electron chi connectivity index (χ2n) is 3.88. The molecule has 1 aromatic carbocycles. The predicted octanol–water partition coefficient (Wildman–Crippen LogP) is 3.28. The number of hydrogen-bond donors (Lipinski definition) is 1. The first-order valence-corrected chi connectivity index (χ1v) is 6.33. The second kappa shape index (κ2) is 5.12. The summed E-state index contributed by atoms with van der Waals surface area (Å²) in [7, 11) is 1.91. The summed E-state index contributed by atoms with van der Waals surface area (Å²) in [6, 6.07) is 8.71. The molecule has 3 heteroatoms. The number of anilines is 1.